The van der Waals surface area contributed by atoms with Crippen molar-refractivity contribution in [2.24, 2.45) is 0 Å². The van der Waals surface area contributed by atoms with E-state index in [-0.39, 0.29) is 12.4 Å². The van der Waals surface area contributed by atoms with Crippen LogP contribution >= 0.6 is 24.0 Å². The Kier molecular flexibility index (Phi) is 9.08. The van der Waals surface area contributed by atoms with Gasteiger partial charge in [0.05, 0.1) is 18.2 Å². The molecule has 0 fully saturated rings. The summed E-state index contributed by atoms with van der Waals surface area (Å²) in [6.07, 6.45) is -0.665. The van der Waals surface area contributed by atoms with Crippen LogP contribution in [0.4, 0.5) is 0 Å². The second-order valence-electron chi connectivity index (χ2n) is 5.89. The van der Waals surface area contributed by atoms with Crippen molar-refractivity contribution in [3.05, 3.63) is 58.6 Å². The number of aliphatic hydroxyl groups excluding tert-OH is 1. The number of methoxy groups -OCH3 is 1. The summed E-state index contributed by atoms with van der Waals surface area (Å²) >= 11 is 6.35. The predicted molar refractivity (Wildman–Crippen MR) is 104 cm³/mol. The number of rotatable bonds is 8. The minimum absolute atomic E-state index is 0. The number of hydrogen-bond donors (Lipinski definition) is 2. The molecule has 138 valence electrons. The van der Waals surface area contributed by atoms with Gasteiger partial charge in [-0.1, -0.05) is 55.8 Å². The van der Waals surface area contributed by atoms with Gasteiger partial charge < -0.3 is 19.9 Å². The number of nitrogens with one attached hydrogen (secondary N) is 1. The van der Waals surface area contributed by atoms with E-state index in [1.807, 2.05) is 44.2 Å². The zero-order chi connectivity index (χ0) is 17.5. The summed E-state index contributed by atoms with van der Waals surface area (Å²) in [4.78, 5) is 0. The van der Waals surface area contributed by atoms with Crippen LogP contribution in [0.15, 0.2) is 42.5 Å². The molecule has 4 nitrogen and oxygen atoms in total. The van der Waals surface area contributed by atoms with Crippen LogP contribution in [0.1, 0.15) is 31.1 Å². The Labute approximate surface area is 160 Å². The van der Waals surface area contributed by atoms with Gasteiger partial charge in [0.1, 0.15) is 6.61 Å². The molecule has 1 unspecified atom stereocenters. The molecule has 2 aromatic rings. The van der Waals surface area contributed by atoms with Crippen LogP contribution in [0.5, 0.6) is 11.5 Å². The molecule has 0 saturated heterocycles. The summed E-state index contributed by atoms with van der Waals surface area (Å²) in [6, 6.07) is 13.6. The number of hydrogen-bond acceptors (Lipinski definition) is 4. The van der Waals surface area contributed by atoms with Crippen LogP contribution < -0.4 is 14.8 Å². The molecule has 0 aliphatic rings. The van der Waals surface area contributed by atoms with Crippen LogP contribution in [0.25, 0.3) is 0 Å². The van der Waals surface area contributed by atoms with Crippen molar-refractivity contribution in [2.45, 2.75) is 32.6 Å². The van der Waals surface area contributed by atoms with Crippen LogP contribution in [0.3, 0.4) is 0 Å². The third-order valence-electron chi connectivity index (χ3n) is 3.58. The highest BCUT2D eigenvalue weighted by atomic mass is 35.5. The predicted octanol–water partition coefficient (Wildman–Crippen LogP) is 4.38. The van der Waals surface area contributed by atoms with Gasteiger partial charge in [-0.15, -0.1) is 12.4 Å². The fourth-order valence-corrected chi connectivity index (χ4v) is 2.54. The molecule has 0 aliphatic carbocycles. The van der Waals surface area contributed by atoms with Gasteiger partial charge in [0.25, 0.3) is 0 Å². The molecule has 0 heterocycles. The summed E-state index contributed by atoms with van der Waals surface area (Å²) in [6.45, 7) is 4.90. The van der Waals surface area contributed by atoms with E-state index in [2.05, 4.69) is 5.32 Å². The van der Waals surface area contributed by atoms with Crippen LogP contribution in [-0.2, 0) is 6.61 Å². The molecule has 1 atom stereocenters. The standard InChI is InChI=1S/C19H24ClNO3.ClH/c1-13(2)21-11-17(22)15-9-16(20)19(18(10-15)23-3)24-12-14-7-5-4-6-8-14;/h4-10,13,17,21-22H,11-12H2,1-3H3;1H. The number of halogens is 2. The second kappa shape index (κ2) is 10.5. The van der Waals surface area contributed by atoms with E-state index in [1.165, 1.54) is 0 Å². The zero-order valence-electron chi connectivity index (χ0n) is 14.7. The first-order valence-corrected chi connectivity index (χ1v) is 8.34. The van der Waals surface area contributed by atoms with Crippen molar-refractivity contribution in [3.63, 3.8) is 0 Å². The normalized spacial score (nSPS) is 11.8. The first kappa shape index (κ1) is 21.6. The van der Waals surface area contributed by atoms with Gasteiger partial charge in [-0.3, -0.25) is 0 Å². The van der Waals surface area contributed by atoms with Crippen molar-refractivity contribution >= 4 is 24.0 Å². The van der Waals surface area contributed by atoms with Gasteiger partial charge in [-0.25, -0.2) is 0 Å². The molecule has 6 heteroatoms. The van der Waals surface area contributed by atoms with E-state index in [0.29, 0.717) is 41.3 Å². The second-order valence-corrected chi connectivity index (χ2v) is 6.29. The average Bonchev–Trinajstić information content (AvgIpc) is 2.58. The van der Waals surface area contributed by atoms with Crippen molar-refractivity contribution < 1.29 is 14.6 Å². The maximum absolute atomic E-state index is 10.3. The maximum atomic E-state index is 10.3. The summed E-state index contributed by atoms with van der Waals surface area (Å²) < 4.78 is 11.2. The molecular formula is C19H25Cl2NO3. The number of aliphatic hydroxyl groups is 1. The molecule has 0 aromatic heterocycles. The van der Waals surface area contributed by atoms with E-state index in [0.717, 1.165) is 5.56 Å². The molecule has 0 radical (unpaired) electrons. The highest BCUT2D eigenvalue weighted by Crippen LogP contribution is 2.38. The molecule has 2 aromatic carbocycles. The fourth-order valence-electron chi connectivity index (χ4n) is 2.27. The molecule has 0 bridgehead atoms. The van der Waals surface area contributed by atoms with Crippen molar-refractivity contribution in [1.29, 1.82) is 0 Å². The van der Waals surface area contributed by atoms with Crippen LogP contribution in [0.2, 0.25) is 5.02 Å². The maximum Gasteiger partial charge on any atom is 0.180 e. The van der Waals surface area contributed by atoms with E-state index in [9.17, 15) is 5.11 Å². The van der Waals surface area contributed by atoms with Crippen LogP contribution in [0, 0.1) is 0 Å². The zero-order valence-corrected chi connectivity index (χ0v) is 16.2. The van der Waals surface area contributed by atoms with E-state index in [1.54, 1.807) is 19.2 Å². The largest absolute Gasteiger partial charge is 0.493 e. The molecule has 25 heavy (non-hydrogen) atoms. The Balaban J connectivity index is 0.00000312. The number of ether oxygens (including phenoxy) is 2. The Hall–Kier alpha value is -1.46. The smallest absolute Gasteiger partial charge is 0.180 e. The van der Waals surface area contributed by atoms with Crippen molar-refractivity contribution in [1.82, 2.24) is 5.32 Å². The molecule has 2 N–H and O–H groups in total. The Morgan fingerprint density at radius 3 is 2.44 bits per heavy atom. The summed E-state index contributed by atoms with van der Waals surface area (Å²) in [5, 5.41) is 13.9. The Morgan fingerprint density at radius 1 is 1.16 bits per heavy atom. The van der Waals surface area contributed by atoms with Gasteiger partial charge in [-0.2, -0.15) is 0 Å². The minimum atomic E-state index is -0.665. The third kappa shape index (κ3) is 6.40. The quantitative estimate of drug-likeness (QED) is 0.707. The first-order chi connectivity index (χ1) is 11.5. The van der Waals surface area contributed by atoms with Gasteiger partial charge >= 0.3 is 0 Å². The fraction of sp³-hybridized carbons (Fsp3) is 0.368. The molecular weight excluding hydrogens is 361 g/mol. The van der Waals surface area contributed by atoms with E-state index >= 15 is 0 Å². The number of benzene rings is 2. The van der Waals surface area contributed by atoms with E-state index < -0.39 is 6.10 Å². The summed E-state index contributed by atoms with van der Waals surface area (Å²) in [5.74, 6) is 0.993. The Bertz CT molecular complexity index is 651. The molecule has 0 spiro atoms. The minimum Gasteiger partial charge on any atom is -0.493 e. The van der Waals surface area contributed by atoms with Crippen LogP contribution in [-0.4, -0.2) is 24.8 Å². The lowest BCUT2D eigenvalue weighted by Gasteiger charge is -2.18. The average molecular weight is 386 g/mol. The molecule has 0 aliphatic heterocycles. The molecule has 2 rings (SSSR count). The monoisotopic (exact) mass is 385 g/mol. The Morgan fingerprint density at radius 2 is 1.84 bits per heavy atom. The van der Waals surface area contributed by atoms with Gasteiger partial charge in [0.2, 0.25) is 0 Å². The first-order valence-electron chi connectivity index (χ1n) is 7.97. The summed E-state index contributed by atoms with van der Waals surface area (Å²) in [5.41, 5.74) is 1.73. The topological polar surface area (TPSA) is 50.7 Å². The highest BCUT2D eigenvalue weighted by Gasteiger charge is 2.16. The van der Waals surface area contributed by atoms with Gasteiger partial charge in [-0.05, 0) is 23.3 Å². The lowest BCUT2D eigenvalue weighted by atomic mass is 10.1. The third-order valence-corrected chi connectivity index (χ3v) is 3.86. The molecule has 0 amide bonds. The van der Waals surface area contributed by atoms with Gasteiger partial charge in [0.15, 0.2) is 11.5 Å². The van der Waals surface area contributed by atoms with Crippen molar-refractivity contribution in [2.75, 3.05) is 13.7 Å². The SMILES string of the molecule is COc1cc(C(O)CNC(C)C)cc(Cl)c1OCc1ccccc1.Cl. The lowest BCUT2D eigenvalue weighted by molar-refractivity contribution is 0.171. The lowest BCUT2D eigenvalue weighted by Crippen LogP contribution is -2.27. The van der Waals surface area contributed by atoms with Crippen molar-refractivity contribution in [3.8, 4) is 11.5 Å². The van der Waals surface area contributed by atoms with E-state index in [4.69, 9.17) is 21.1 Å². The highest BCUT2D eigenvalue weighted by molar-refractivity contribution is 6.32. The molecule has 0 saturated carbocycles. The van der Waals surface area contributed by atoms with Gasteiger partial charge in [0, 0.05) is 12.6 Å². The summed E-state index contributed by atoms with van der Waals surface area (Å²) in [7, 11) is 1.56.